The molecule has 0 heterocycles. The van der Waals surface area contributed by atoms with Crippen molar-refractivity contribution in [1.82, 2.24) is 5.32 Å². The number of halogens is 1. The van der Waals surface area contributed by atoms with Crippen LogP contribution in [0.5, 0.6) is 0 Å². The molecule has 0 saturated heterocycles. The van der Waals surface area contributed by atoms with E-state index in [1.165, 1.54) is 12.1 Å². The second-order valence-corrected chi connectivity index (χ2v) is 4.69. The van der Waals surface area contributed by atoms with Gasteiger partial charge in [-0.15, -0.1) is 0 Å². The third-order valence-corrected chi connectivity index (χ3v) is 3.18. The fourth-order valence-corrected chi connectivity index (χ4v) is 2.11. The number of primary amides is 1. The Labute approximate surface area is 117 Å². The number of carbonyl (C=O) groups is 1. The Bertz CT molecular complexity index is 586. The van der Waals surface area contributed by atoms with E-state index in [2.05, 4.69) is 5.32 Å². The summed E-state index contributed by atoms with van der Waals surface area (Å²) in [6.45, 7) is 1.87. The molecule has 3 N–H and O–H groups in total. The normalized spacial score (nSPS) is 13.7. The fraction of sp³-hybridized carbons (Fsp3) is 0.188. The highest BCUT2D eigenvalue weighted by atomic mass is 19.1. The Morgan fingerprint density at radius 2 is 1.75 bits per heavy atom. The van der Waals surface area contributed by atoms with E-state index in [9.17, 15) is 9.18 Å². The van der Waals surface area contributed by atoms with Crippen molar-refractivity contribution in [3.8, 4) is 0 Å². The molecule has 2 aromatic carbocycles. The zero-order valence-electron chi connectivity index (χ0n) is 11.2. The molecule has 0 bridgehead atoms. The number of hydrogen-bond donors (Lipinski definition) is 2. The summed E-state index contributed by atoms with van der Waals surface area (Å²) >= 11 is 0. The van der Waals surface area contributed by atoms with Crippen LogP contribution < -0.4 is 11.1 Å². The van der Waals surface area contributed by atoms with Crippen molar-refractivity contribution in [1.29, 1.82) is 0 Å². The highest BCUT2D eigenvalue weighted by Crippen LogP contribution is 2.20. The van der Waals surface area contributed by atoms with Crippen molar-refractivity contribution in [3.63, 3.8) is 0 Å². The number of hydrogen-bond acceptors (Lipinski definition) is 2. The van der Waals surface area contributed by atoms with Crippen LogP contribution in [-0.4, -0.2) is 5.91 Å². The van der Waals surface area contributed by atoms with Gasteiger partial charge in [0.1, 0.15) is 11.9 Å². The maximum Gasteiger partial charge on any atom is 0.239 e. The van der Waals surface area contributed by atoms with Gasteiger partial charge in [-0.25, -0.2) is 4.39 Å². The highest BCUT2D eigenvalue weighted by molar-refractivity contribution is 5.81. The molecule has 0 fully saturated rings. The molecule has 3 nitrogen and oxygen atoms in total. The van der Waals surface area contributed by atoms with Crippen LogP contribution in [0, 0.1) is 5.82 Å². The van der Waals surface area contributed by atoms with E-state index in [-0.39, 0.29) is 11.9 Å². The first kappa shape index (κ1) is 14.2. The molecule has 0 spiro atoms. The highest BCUT2D eigenvalue weighted by Gasteiger charge is 2.20. The molecule has 0 aliphatic heterocycles. The van der Waals surface area contributed by atoms with Gasteiger partial charge >= 0.3 is 0 Å². The molecule has 0 radical (unpaired) electrons. The summed E-state index contributed by atoms with van der Waals surface area (Å²) in [7, 11) is 0. The lowest BCUT2D eigenvalue weighted by atomic mass is 10.0. The predicted octanol–water partition coefficient (Wildman–Crippen LogP) is 2.70. The molecule has 0 aliphatic carbocycles. The Balaban J connectivity index is 2.19. The lowest BCUT2D eigenvalue weighted by molar-refractivity contribution is -0.120. The zero-order valence-corrected chi connectivity index (χ0v) is 11.2. The van der Waals surface area contributed by atoms with Gasteiger partial charge in [-0.3, -0.25) is 10.1 Å². The first-order valence-corrected chi connectivity index (χ1v) is 6.43. The number of amides is 1. The van der Waals surface area contributed by atoms with E-state index in [4.69, 9.17) is 5.73 Å². The molecule has 2 aromatic rings. The van der Waals surface area contributed by atoms with Gasteiger partial charge in [-0.2, -0.15) is 0 Å². The van der Waals surface area contributed by atoms with Gasteiger partial charge in [0.05, 0.1) is 0 Å². The van der Waals surface area contributed by atoms with Gasteiger partial charge in [-0.05, 0) is 30.2 Å². The lowest BCUT2D eigenvalue weighted by Crippen LogP contribution is -2.35. The van der Waals surface area contributed by atoms with Gasteiger partial charge in [0.15, 0.2) is 0 Å². The summed E-state index contributed by atoms with van der Waals surface area (Å²) in [5.74, 6) is -0.758. The Morgan fingerprint density at radius 3 is 2.35 bits per heavy atom. The van der Waals surface area contributed by atoms with E-state index in [0.29, 0.717) is 0 Å². The monoisotopic (exact) mass is 272 g/mol. The van der Waals surface area contributed by atoms with Crippen LogP contribution >= 0.6 is 0 Å². The molecule has 104 valence electrons. The third kappa shape index (κ3) is 3.42. The minimum absolute atomic E-state index is 0.191. The van der Waals surface area contributed by atoms with Crippen LogP contribution in [0.1, 0.15) is 30.1 Å². The van der Waals surface area contributed by atoms with Gasteiger partial charge < -0.3 is 5.73 Å². The maximum absolute atomic E-state index is 13.2. The Kier molecular flexibility index (Phi) is 4.48. The largest absolute Gasteiger partial charge is 0.368 e. The fourth-order valence-electron chi connectivity index (χ4n) is 2.11. The minimum atomic E-state index is -0.602. The molecule has 0 unspecified atom stereocenters. The second kappa shape index (κ2) is 6.30. The minimum Gasteiger partial charge on any atom is -0.368 e. The molecule has 0 saturated carbocycles. The predicted molar refractivity (Wildman–Crippen MR) is 76.3 cm³/mol. The van der Waals surface area contributed by atoms with Crippen LogP contribution in [0.15, 0.2) is 54.6 Å². The van der Waals surface area contributed by atoms with Gasteiger partial charge in [0.2, 0.25) is 5.91 Å². The van der Waals surface area contributed by atoms with Crippen LogP contribution in [0.4, 0.5) is 4.39 Å². The summed E-state index contributed by atoms with van der Waals surface area (Å²) in [5.41, 5.74) is 7.01. The number of nitrogens with one attached hydrogen (secondary N) is 1. The van der Waals surface area contributed by atoms with Crippen molar-refractivity contribution >= 4 is 5.91 Å². The molecule has 2 rings (SSSR count). The van der Waals surface area contributed by atoms with E-state index >= 15 is 0 Å². The lowest BCUT2D eigenvalue weighted by Gasteiger charge is -2.21. The Morgan fingerprint density at radius 1 is 1.10 bits per heavy atom. The number of nitrogens with two attached hydrogens (primary N) is 1. The number of benzene rings is 2. The number of carbonyl (C=O) groups excluding carboxylic acids is 1. The summed E-state index contributed by atoms with van der Waals surface area (Å²) in [5, 5.41) is 3.14. The van der Waals surface area contributed by atoms with Crippen LogP contribution in [0.3, 0.4) is 0 Å². The maximum atomic E-state index is 13.2. The van der Waals surface area contributed by atoms with Crippen LogP contribution in [-0.2, 0) is 4.79 Å². The molecule has 4 heteroatoms. The first-order valence-electron chi connectivity index (χ1n) is 6.43. The number of rotatable bonds is 5. The zero-order chi connectivity index (χ0) is 14.5. The van der Waals surface area contributed by atoms with Crippen LogP contribution in [0.25, 0.3) is 0 Å². The van der Waals surface area contributed by atoms with E-state index in [1.807, 2.05) is 43.3 Å². The SMILES string of the molecule is C[C@@H](N[C@@H](C(N)=O)c1ccccc1)c1cccc(F)c1. The van der Waals surface area contributed by atoms with Crippen molar-refractivity contribution in [2.45, 2.75) is 19.0 Å². The van der Waals surface area contributed by atoms with Gasteiger partial charge in [-0.1, -0.05) is 42.5 Å². The molecular formula is C16H17FN2O. The molecule has 0 aromatic heterocycles. The molecule has 1 amide bonds. The van der Waals surface area contributed by atoms with Crippen molar-refractivity contribution in [2.75, 3.05) is 0 Å². The van der Waals surface area contributed by atoms with Crippen molar-refractivity contribution in [2.24, 2.45) is 5.73 Å². The van der Waals surface area contributed by atoms with E-state index in [1.54, 1.807) is 6.07 Å². The van der Waals surface area contributed by atoms with Gasteiger partial charge in [0.25, 0.3) is 0 Å². The van der Waals surface area contributed by atoms with E-state index < -0.39 is 11.9 Å². The summed E-state index contributed by atoms with van der Waals surface area (Å²) in [4.78, 5) is 11.6. The quantitative estimate of drug-likeness (QED) is 0.879. The summed E-state index contributed by atoms with van der Waals surface area (Å²) in [6.07, 6.45) is 0. The summed E-state index contributed by atoms with van der Waals surface area (Å²) in [6, 6.07) is 14.7. The third-order valence-electron chi connectivity index (χ3n) is 3.18. The average Bonchev–Trinajstić information content (AvgIpc) is 2.45. The molecular weight excluding hydrogens is 255 g/mol. The van der Waals surface area contributed by atoms with E-state index in [0.717, 1.165) is 11.1 Å². The Hall–Kier alpha value is -2.20. The molecule has 20 heavy (non-hydrogen) atoms. The topological polar surface area (TPSA) is 55.1 Å². The van der Waals surface area contributed by atoms with Crippen LogP contribution in [0.2, 0.25) is 0 Å². The first-order chi connectivity index (χ1) is 9.58. The van der Waals surface area contributed by atoms with Crippen molar-refractivity contribution in [3.05, 3.63) is 71.5 Å². The average molecular weight is 272 g/mol. The molecule has 0 aliphatic rings. The van der Waals surface area contributed by atoms with Gasteiger partial charge in [0, 0.05) is 6.04 Å². The second-order valence-electron chi connectivity index (χ2n) is 4.69. The summed E-state index contributed by atoms with van der Waals surface area (Å²) < 4.78 is 13.2. The standard InChI is InChI=1S/C16H17FN2O/c1-11(13-8-5-9-14(17)10-13)19-15(16(18)20)12-6-3-2-4-7-12/h2-11,15,19H,1H3,(H2,18,20)/t11-,15-/m1/s1. The smallest absolute Gasteiger partial charge is 0.239 e. The van der Waals surface area contributed by atoms with Crippen molar-refractivity contribution < 1.29 is 9.18 Å². The molecule has 2 atom stereocenters.